The molecular formula is C35H48N4O6. The van der Waals surface area contributed by atoms with Gasteiger partial charge < -0.3 is 29.5 Å². The first kappa shape index (κ1) is 31.8. The Kier molecular flexibility index (Phi) is 10.5. The van der Waals surface area contributed by atoms with Crippen LogP contribution in [0.2, 0.25) is 0 Å². The molecule has 10 heteroatoms. The van der Waals surface area contributed by atoms with Crippen LogP contribution in [-0.4, -0.2) is 85.1 Å². The molecule has 6 rings (SSSR count). The molecule has 1 amide bonds. The number of nitrogens with zero attached hydrogens (tertiary/aromatic N) is 3. The van der Waals surface area contributed by atoms with E-state index in [2.05, 4.69) is 17.4 Å². The van der Waals surface area contributed by atoms with Crippen LogP contribution in [-0.2, 0) is 31.9 Å². The van der Waals surface area contributed by atoms with Crippen LogP contribution in [0.1, 0.15) is 87.1 Å². The predicted molar refractivity (Wildman–Crippen MR) is 172 cm³/mol. The third-order valence-electron chi connectivity index (χ3n) is 9.84. The number of carbonyl (C=O) groups excluding carboxylic acids is 1. The van der Waals surface area contributed by atoms with Gasteiger partial charge in [0.1, 0.15) is 23.7 Å². The number of amides is 1. The van der Waals surface area contributed by atoms with E-state index in [1.165, 1.54) is 12.0 Å². The van der Waals surface area contributed by atoms with Gasteiger partial charge in [0, 0.05) is 56.3 Å². The second-order valence-electron chi connectivity index (χ2n) is 12.9. The minimum atomic E-state index is -0.927. The number of para-hydroxylation sites is 1. The summed E-state index contributed by atoms with van der Waals surface area (Å²) in [7, 11) is 1.90. The topological polar surface area (TPSA) is 113 Å². The maximum atomic E-state index is 13.0. The summed E-state index contributed by atoms with van der Waals surface area (Å²) in [5, 5.41) is 14.0. The molecule has 0 spiro atoms. The standard InChI is InChI=1S/C35H48N4O6/c1-38(26-14-15-28(23-26)44-20-3-2-8-25-13-12-24-7-5-18-36-34(24)37-25)33(35(41)42)29-9-4-10-30(45-27-16-21-43-22-17-27)32(29)39-19-6-11-31(39)40/h4,9-10,12-13,26-28,33H,2-3,5-8,11,14-23H2,1H3,(H,36,37)(H,41,42)/t26-,28-,33?/m0/s1. The number of carbonyl (C=O) groups is 2. The Hall–Kier alpha value is -3.21. The first-order valence-corrected chi connectivity index (χ1v) is 16.9. The number of anilines is 2. The SMILES string of the molecule is CN(C(C(=O)O)c1cccc(OC2CCOCC2)c1N1CCCC1=O)[C@H]1CC[C@H](OCCCCc2ccc3c(n2)NCCC3)C1. The van der Waals surface area contributed by atoms with Crippen molar-refractivity contribution >= 4 is 23.4 Å². The van der Waals surface area contributed by atoms with Crippen LogP contribution >= 0.6 is 0 Å². The maximum Gasteiger partial charge on any atom is 0.325 e. The highest BCUT2D eigenvalue weighted by molar-refractivity contribution is 5.98. The summed E-state index contributed by atoms with van der Waals surface area (Å²) in [4.78, 5) is 34.4. The molecule has 45 heavy (non-hydrogen) atoms. The third kappa shape index (κ3) is 7.61. The van der Waals surface area contributed by atoms with Crippen LogP contribution in [0.4, 0.5) is 11.5 Å². The molecule has 0 bridgehead atoms. The number of aryl methyl sites for hydroxylation is 2. The molecule has 3 aliphatic heterocycles. The van der Waals surface area contributed by atoms with Gasteiger partial charge in [0.25, 0.3) is 0 Å². The van der Waals surface area contributed by atoms with Gasteiger partial charge in [-0.15, -0.1) is 0 Å². The molecule has 3 fully saturated rings. The number of pyridine rings is 1. The van der Waals surface area contributed by atoms with Crippen LogP contribution in [0.15, 0.2) is 30.3 Å². The monoisotopic (exact) mass is 620 g/mol. The van der Waals surface area contributed by atoms with E-state index in [1.807, 2.05) is 30.1 Å². The lowest BCUT2D eigenvalue weighted by Crippen LogP contribution is -2.39. The second kappa shape index (κ2) is 14.9. The van der Waals surface area contributed by atoms with Crippen molar-refractivity contribution in [3.63, 3.8) is 0 Å². The van der Waals surface area contributed by atoms with E-state index in [0.29, 0.717) is 49.8 Å². The molecule has 3 atom stereocenters. The van der Waals surface area contributed by atoms with Gasteiger partial charge in [-0.25, -0.2) is 4.98 Å². The van der Waals surface area contributed by atoms with Crippen LogP contribution in [0.5, 0.6) is 5.75 Å². The quantitative estimate of drug-likeness (QED) is 0.294. The average molecular weight is 621 g/mol. The molecule has 1 unspecified atom stereocenters. The summed E-state index contributed by atoms with van der Waals surface area (Å²) >= 11 is 0. The first-order chi connectivity index (χ1) is 22.0. The highest BCUT2D eigenvalue weighted by Gasteiger charge is 2.39. The molecule has 1 aromatic carbocycles. The minimum absolute atomic E-state index is 0.0134. The van der Waals surface area contributed by atoms with Gasteiger partial charge in [0.05, 0.1) is 25.0 Å². The molecule has 4 heterocycles. The van der Waals surface area contributed by atoms with Crippen LogP contribution in [0.25, 0.3) is 0 Å². The Labute approximate surface area is 266 Å². The Morgan fingerprint density at radius 2 is 1.98 bits per heavy atom. The number of hydrogen-bond donors (Lipinski definition) is 2. The molecule has 4 aliphatic rings. The van der Waals surface area contributed by atoms with Crippen molar-refractivity contribution in [2.24, 2.45) is 0 Å². The first-order valence-electron chi connectivity index (χ1n) is 16.9. The normalized spacial score (nSPS) is 22.8. The van der Waals surface area contributed by atoms with Crippen LogP contribution < -0.4 is 15.0 Å². The zero-order valence-corrected chi connectivity index (χ0v) is 26.5. The summed E-state index contributed by atoms with van der Waals surface area (Å²) in [5.41, 5.74) is 3.67. The molecule has 10 nitrogen and oxygen atoms in total. The number of benzene rings is 1. The zero-order valence-electron chi connectivity index (χ0n) is 26.5. The van der Waals surface area contributed by atoms with E-state index < -0.39 is 12.0 Å². The van der Waals surface area contributed by atoms with E-state index in [9.17, 15) is 14.7 Å². The van der Waals surface area contributed by atoms with Gasteiger partial charge >= 0.3 is 5.97 Å². The van der Waals surface area contributed by atoms with E-state index in [4.69, 9.17) is 19.2 Å². The number of hydrogen-bond acceptors (Lipinski definition) is 8. The lowest BCUT2D eigenvalue weighted by Gasteiger charge is -2.34. The Balaban J connectivity index is 1.07. The number of aliphatic carboxylic acids is 1. The second-order valence-corrected chi connectivity index (χ2v) is 12.9. The third-order valence-corrected chi connectivity index (χ3v) is 9.84. The average Bonchev–Trinajstić information content (AvgIpc) is 3.70. The van der Waals surface area contributed by atoms with E-state index in [1.54, 1.807) is 4.90 Å². The number of aromatic nitrogens is 1. The van der Waals surface area contributed by atoms with Crippen LogP contribution in [0, 0.1) is 0 Å². The lowest BCUT2D eigenvalue weighted by atomic mass is 9.99. The fraction of sp³-hybridized carbons (Fsp3) is 0.629. The van der Waals surface area contributed by atoms with Gasteiger partial charge in [-0.05, 0) is 82.5 Å². The van der Waals surface area contributed by atoms with Crippen LogP contribution in [0.3, 0.4) is 0 Å². The Morgan fingerprint density at radius 1 is 1.11 bits per heavy atom. The predicted octanol–water partition coefficient (Wildman–Crippen LogP) is 5.14. The number of likely N-dealkylation sites (N-methyl/N-ethyl adjacent to an activating group) is 1. The van der Waals surface area contributed by atoms with Gasteiger partial charge in [0.2, 0.25) is 5.91 Å². The largest absolute Gasteiger partial charge is 0.488 e. The van der Waals surface area contributed by atoms with Crippen molar-refractivity contribution in [1.29, 1.82) is 0 Å². The molecule has 244 valence electrons. The lowest BCUT2D eigenvalue weighted by molar-refractivity contribution is -0.144. The number of fused-ring (bicyclic) bond motifs is 1. The van der Waals surface area contributed by atoms with Crippen molar-refractivity contribution in [2.45, 2.75) is 101 Å². The Morgan fingerprint density at radius 3 is 2.78 bits per heavy atom. The smallest absolute Gasteiger partial charge is 0.325 e. The number of unbranched alkanes of at least 4 members (excludes halogenated alkanes) is 1. The number of nitrogens with one attached hydrogen (secondary N) is 1. The number of rotatable bonds is 13. The van der Waals surface area contributed by atoms with Gasteiger partial charge in [-0.2, -0.15) is 0 Å². The van der Waals surface area contributed by atoms with Crippen molar-refractivity contribution in [3.05, 3.63) is 47.2 Å². The van der Waals surface area contributed by atoms with Crippen molar-refractivity contribution in [1.82, 2.24) is 9.88 Å². The number of carboxylic acid groups (broad SMARTS) is 1. The van der Waals surface area contributed by atoms with Crippen molar-refractivity contribution in [3.8, 4) is 5.75 Å². The van der Waals surface area contributed by atoms with E-state index in [-0.39, 0.29) is 24.2 Å². The number of carboxylic acids is 1. The van der Waals surface area contributed by atoms with Gasteiger partial charge in [-0.3, -0.25) is 14.5 Å². The molecular weight excluding hydrogens is 572 g/mol. The molecule has 1 aliphatic carbocycles. The van der Waals surface area contributed by atoms with Gasteiger partial charge in [0.15, 0.2) is 0 Å². The van der Waals surface area contributed by atoms with Crippen molar-refractivity contribution < 1.29 is 28.9 Å². The molecule has 2 N–H and O–H groups in total. The molecule has 2 aromatic rings. The highest BCUT2D eigenvalue weighted by Crippen LogP contribution is 2.42. The highest BCUT2D eigenvalue weighted by atomic mass is 16.5. The fourth-order valence-electron chi connectivity index (χ4n) is 7.34. The molecule has 1 aromatic heterocycles. The summed E-state index contributed by atoms with van der Waals surface area (Å²) < 4.78 is 18.2. The minimum Gasteiger partial charge on any atom is -0.488 e. The van der Waals surface area contributed by atoms with E-state index in [0.717, 1.165) is 82.3 Å². The molecule has 0 radical (unpaired) electrons. The molecule has 2 saturated heterocycles. The number of ether oxygens (including phenoxy) is 3. The Bertz CT molecular complexity index is 1330. The van der Waals surface area contributed by atoms with E-state index >= 15 is 0 Å². The fourth-order valence-corrected chi connectivity index (χ4v) is 7.34. The van der Waals surface area contributed by atoms with Crippen molar-refractivity contribution in [2.75, 3.05) is 50.2 Å². The summed E-state index contributed by atoms with van der Waals surface area (Å²) in [6, 6.07) is 9.09. The summed E-state index contributed by atoms with van der Waals surface area (Å²) in [5.74, 6) is 0.723. The summed E-state index contributed by atoms with van der Waals surface area (Å²) in [6.45, 7) is 3.53. The zero-order chi connectivity index (χ0) is 31.2. The molecule has 1 saturated carbocycles. The summed E-state index contributed by atoms with van der Waals surface area (Å²) in [6.07, 6.45) is 10.6. The van der Waals surface area contributed by atoms with Gasteiger partial charge in [-0.1, -0.05) is 18.2 Å². The maximum absolute atomic E-state index is 13.0.